The molecule has 0 aromatic carbocycles. The van der Waals surface area contributed by atoms with Gasteiger partial charge in [0.15, 0.2) is 0 Å². The number of carbonyl (C=O) groups excluding carboxylic acids is 2. The van der Waals surface area contributed by atoms with E-state index in [1.807, 2.05) is 6.92 Å². The van der Waals surface area contributed by atoms with Crippen molar-refractivity contribution in [3.05, 3.63) is 0 Å². The van der Waals surface area contributed by atoms with Gasteiger partial charge in [0.2, 0.25) is 5.91 Å². The molecule has 0 spiro atoms. The Kier molecular flexibility index (Phi) is 4.18. The van der Waals surface area contributed by atoms with Gasteiger partial charge in [-0.1, -0.05) is 0 Å². The fourth-order valence-corrected chi connectivity index (χ4v) is 3.44. The fraction of sp³-hybridized carbons (Fsp3) is 0.727. The first-order valence-electron chi connectivity index (χ1n) is 6.19. The van der Waals surface area contributed by atoms with Crippen LogP contribution in [0.25, 0.3) is 0 Å². The van der Waals surface area contributed by atoms with E-state index in [4.69, 9.17) is 5.11 Å². The molecule has 106 valence electrons. The van der Waals surface area contributed by atoms with Gasteiger partial charge in [-0.05, 0) is 13.3 Å². The standard InChI is InChI=1S/C11H17N3O4S/c1-6-14(8(5-19-6)10(16)17)11(18)12-4-7-2-3-9(15)13-7/h6-8H,2-5H2,1H3,(H,12,18)(H,13,15)(H,16,17). The van der Waals surface area contributed by atoms with E-state index in [1.54, 1.807) is 0 Å². The summed E-state index contributed by atoms with van der Waals surface area (Å²) in [4.78, 5) is 35.5. The van der Waals surface area contributed by atoms with Gasteiger partial charge < -0.3 is 15.7 Å². The van der Waals surface area contributed by atoms with Crippen LogP contribution in [-0.2, 0) is 9.59 Å². The smallest absolute Gasteiger partial charge is 0.327 e. The molecule has 0 aromatic heterocycles. The molecule has 7 nitrogen and oxygen atoms in total. The lowest BCUT2D eigenvalue weighted by molar-refractivity contribution is -0.141. The van der Waals surface area contributed by atoms with Crippen molar-refractivity contribution in [1.82, 2.24) is 15.5 Å². The third-order valence-electron chi connectivity index (χ3n) is 3.33. The van der Waals surface area contributed by atoms with Crippen LogP contribution in [0.1, 0.15) is 19.8 Å². The summed E-state index contributed by atoms with van der Waals surface area (Å²) in [6.07, 6.45) is 1.18. The molecule has 0 radical (unpaired) electrons. The molecule has 3 N–H and O–H groups in total. The highest BCUT2D eigenvalue weighted by molar-refractivity contribution is 8.00. The molecule has 2 saturated heterocycles. The zero-order chi connectivity index (χ0) is 14.0. The molecule has 2 fully saturated rings. The molecule has 8 heteroatoms. The molecule has 0 aromatic rings. The minimum absolute atomic E-state index is 0.00671. The maximum Gasteiger partial charge on any atom is 0.327 e. The van der Waals surface area contributed by atoms with E-state index >= 15 is 0 Å². The van der Waals surface area contributed by atoms with E-state index in [1.165, 1.54) is 16.7 Å². The predicted molar refractivity (Wildman–Crippen MR) is 69.7 cm³/mol. The highest BCUT2D eigenvalue weighted by Gasteiger charge is 2.39. The number of rotatable bonds is 3. The molecule has 2 aliphatic rings. The zero-order valence-corrected chi connectivity index (χ0v) is 11.4. The molecular formula is C11H17N3O4S. The van der Waals surface area contributed by atoms with Gasteiger partial charge in [-0.25, -0.2) is 9.59 Å². The van der Waals surface area contributed by atoms with Crippen LogP contribution in [-0.4, -0.2) is 57.7 Å². The van der Waals surface area contributed by atoms with Crippen LogP contribution in [0.3, 0.4) is 0 Å². The Labute approximate surface area is 115 Å². The van der Waals surface area contributed by atoms with Gasteiger partial charge in [-0.15, -0.1) is 11.8 Å². The summed E-state index contributed by atoms with van der Waals surface area (Å²) in [6.45, 7) is 2.15. The number of thioether (sulfide) groups is 1. The Hall–Kier alpha value is -1.44. The molecule has 0 bridgehead atoms. The maximum atomic E-state index is 12.0. The summed E-state index contributed by atoms with van der Waals surface area (Å²) >= 11 is 1.44. The van der Waals surface area contributed by atoms with Gasteiger partial charge >= 0.3 is 12.0 Å². The summed E-state index contributed by atoms with van der Waals surface area (Å²) in [5, 5.41) is 14.4. The van der Waals surface area contributed by atoms with E-state index in [2.05, 4.69) is 10.6 Å². The number of hydrogen-bond acceptors (Lipinski definition) is 4. The third kappa shape index (κ3) is 3.12. The molecule has 2 heterocycles. The Bertz CT molecular complexity index is 403. The van der Waals surface area contributed by atoms with Gasteiger partial charge in [0, 0.05) is 24.8 Å². The molecule has 2 rings (SSSR count). The molecule has 3 amide bonds. The number of aliphatic carboxylic acids is 1. The number of carbonyl (C=O) groups is 3. The average molecular weight is 287 g/mol. The topological polar surface area (TPSA) is 98.7 Å². The van der Waals surface area contributed by atoms with E-state index in [0.717, 1.165) is 0 Å². The lowest BCUT2D eigenvalue weighted by Crippen LogP contribution is -2.51. The fourth-order valence-electron chi connectivity index (χ4n) is 2.27. The first-order valence-corrected chi connectivity index (χ1v) is 7.24. The van der Waals surface area contributed by atoms with Crippen LogP contribution in [0.4, 0.5) is 4.79 Å². The minimum atomic E-state index is -0.985. The number of amides is 3. The molecule has 3 unspecified atom stereocenters. The highest BCUT2D eigenvalue weighted by Crippen LogP contribution is 2.28. The minimum Gasteiger partial charge on any atom is -0.480 e. The van der Waals surface area contributed by atoms with Crippen molar-refractivity contribution < 1.29 is 19.5 Å². The number of hydrogen-bond donors (Lipinski definition) is 3. The van der Waals surface area contributed by atoms with Gasteiger partial charge in [0.05, 0.1) is 5.37 Å². The Morgan fingerprint density at radius 1 is 1.58 bits per heavy atom. The molecule has 3 atom stereocenters. The average Bonchev–Trinajstić information content (AvgIpc) is 2.92. The van der Waals surface area contributed by atoms with Crippen molar-refractivity contribution >= 4 is 29.7 Å². The first kappa shape index (κ1) is 14.0. The Morgan fingerprint density at radius 3 is 2.89 bits per heavy atom. The molecule has 19 heavy (non-hydrogen) atoms. The summed E-state index contributed by atoms with van der Waals surface area (Å²) in [6, 6.07) is -1.21. The third-order valence-corrected chi connectivity index (χ3v) is 4.54. The number of carboxylic acids is 1. The maximum absolute atomic E-state index is 12.0. The molecular weight excluding hydrogens is 270 g/mol. The number of carboxylic acid groups (broad SMARTS) is 1. The quantitative estimate of drug-likeness (QED) is 0.669. The summed E-state index contributed by atoms with van der Waals surface area (Å²) in [5.74, 6) is -0.585. The molecule has 0 aliphatic carbocycles. The molecule has 2 aliphatic heterocycles. The van der Waals surface area contributed by atoms with Crippen LogP contribution >= 0.6 is 11.8 Å². The van der Waals surface area contributed by atoms with Crippen molar-refractivity contribution in [2.75, 3.05) is 12.3 Å². The second-order valence-electron chi connectivity index (χ2n) is 4.68. The van der Waals surface area contributed by atoms with Crippen LogP contribution in [0.2, 0.25) is 0 Å². The van der Waals surface area contributed by atoms with Crippen LogP contribution in [0.15, 0.2) is 0 Å². The van der Waals surface area contributed by atoms with E-state index in [-0.39, 0.29) is 23.4 Å². The second-order valence-corrected chi connectivity index (χ2v) is 6.03. The van der Waals surface area contributed by atoms with Crippen molar-refractivity contribution in [1.29, 1.82) is 0 Å². The van der Waals surface area contributed by atoms with Crippen molar-refractivity contribution in [2.45, 2.75) is 37.2 Å². The predicted octanol–water partition coefficient (Wildman–Crippen LogP) is -0.177. The highest BCUT2D eigenvalue weighted by atomic mass is 32.2. The van der Waals surface area contributed by atoms with Crippen LogP contribution in [0, 0.1) is 0 Å². The normalized spacial score (nSPS) is 30.3. The van der Waals surface area contributed by atoms with Crippen LogP contribution < -0.4 is 10.6 Å². The largest absolute Gasteiger partial charge is 0.480 e. The number of nitrogens with one attached hydrogen (secondary N) is 2. The van der Waals surface area contributed by atoms with Gasteiger partial charge in [-0.3, -0.25) is 9.69 Å². The monoisotopic (exact) mass is 287 g/mol. The van der Waals surface area contributed by atoms with E-state index < -0.39 is 12.0 Å². The lowest BCUT2D eigenvalue weighted by Gasteiger charge is -2.26. The summed E-state index contributed by atoms with van der Waals surface area (Å²) < 4.78 is 0. The Morgan fingerprint density at radius 2 is 2.32 bits per heavy atom. The summed E-state index contributed by atoms with van der Waals surface area (Å²) in [5.41, 5.74) is 0. The zero-order valence-electron chi connectivity index (χ0n) is 10.6. The van der Waals surface area contributed by atoms with Crippen molar-refractivity contribution in [3.8, 4) is 0 Å². The van der Waals surface area contributed by atoms with Gasteiger partial charge in [-0.2, -0.15) is 0 Å². The lowest BCUT2D eigenvalue weighted by atomic mass is 10.2. The van der Waals surface area contributed by atoms with Crippen molar-refractivity contribution in [2.24, 2.45) is 0 Å². The second kappa shape index (κ2) is 5.68. The Balaban J connectivity index is 1.87. The first-order chi connectivity index (χ1) is 8.99. The molecule has 0 saturated carbocycles. The van der Waals surface area contributed by atoms with Crippen molar-refractivity contribution in [3.63, 3.8) is 0 Å². The van der Waals surface area contributed by atoms with E-state index in [9.17, 15) is 14.4 Å². The number of nitrogens with zero attached hydrogens (tertiary/aromatic N) is 1. The van der Waals surface area contributed by atoms with Crippen LogP contribution in [0.5, 0.6) is 0 Å². The van der Waals surface area contributed by atoms with E-state index in [0.29, 0.717) is 25.1 Å². The summed E-state index contributed by atoms with van der Waals surface area (Å²) in [7, 11) is 0. The SMILES string of the molecule is CC1SCC(C(=O)O)N1C(=O)NCC1CCC(=O)N1. The van der Waals surface area contributed by atoms with Gasteiger partial charge in [0.1, 0.15) is 6.04 Å². The van der Waals surface area contributed by atoms with Gasteiger partial charge in [0.25, 0.3) is 0 Å². The number of urea groups is 1.